The molecule has 0 radical (unpaired) electrons. The van der Waals surface area contributed by atoms with E-state index in [2.05, 4.69) is 38.3 Å². The van der Waals surface area contributed by atoms with Crippen LogP contribution < -0.4 is 10.6 Å². The lowest BCUT2D eigenvalue weighted by Crippen LogP contribution is -2.49. The lowest BCUT2D eigenvalue weighted by Gasteiger charge is -2.26. The molecule has 0 aliphatic carbocycles. The minimum absolute atomic E-state index is 0.0424. The summed E-state index contributed by atoms with van der Waals surface area (Å²) in [6.07, 6.45) is 5.55. The predicted molar refractivity (Wildman–Crippen MR) is 71.9 cm³/mol. The molecular weight excluding hydrogens is 212 g/mol. The lowest BCUT2D eigenvalue weighted by molar-refractivity contribution is -0.124. The second-order valence-corrected chi connectivity index (χ2v) is 6.51. The van der Waals surface area contributed by atoms with E-state index in [1.807, 2.05) is 0 Å². The van der Waals surface area contributed by atoms with Crippen LogP contribution >= 0.6 is 0 Å². The van der Waals surface area contributed by atoms with Crippen LogP contribution in [0, 0.1) is 5.41 Å². The first kappa shape index (κ1) is 14.5. The zero-order valence-corrected chi connectivity index (χ0v) is 11.8. The molecule has 2 N–H and O–H groups in total. The van der Waals surface area contributed by atoms with Gasteiger partial charge in [-0.25, -0.2) is 0 Å². The van der Waals surface area contributed by atoms with Crippen molar-refractivity contribution in [3.05, 3.63) is 0 Å². The Morgan fingerprint density at radius 2 is 2.12 bits per heavy atom. The number of hydrogen-bond donors (Lipinski definition) is 2. The van der Waals surface area contributed by atoms with E-state index in [1.54, 1.807) is 0 Å². The average Bonchev–Trinajstić information content (AvgIpc) is 2.27. The molecular formula is C14H28N2O. The Balaban J connectivity index is 2.25. The van der Waals surface area contributed by atoms with Gasteiger partial charge >= 0.3 is 0 Å². The van der Waals surface area contributed by atoms with Gasteiger partial charge in [0.25, 0.3) is 0 Å². The van der Waals surface area contributed by atoms with E-state index < -0.39 is 0 Å². The van der Waals surface area contributed by atoms with Gasteiger partial charge in [-0.1, -0.05) is 27.2 Å². The van der Waals surface area contributed by atoms with Gasteiger partial charge in [0, 0.05) is 6.04 Å². The number of hydrogen-bond acceptors (Lipinski definition) is 2. The van der Waals surface area contributed by atoms with Crippen LogP contribution in [0.4, 0.5) is 0 Å². The molecule has 0 aromatic heterocycles. The standard InChI is InChI=1S/C14H28N2O/c1-11(8-9-14(2,3)4)16-13(17)12-7-5-6-10-15-12/h11-12,15H,5-10H2,1-4H3,(H,16,17). The highest BCUT2D eigenvalue weighted by atomic mass is 16.2. The molecule has 2 atom stereocenters. The van der Waals surface area contributed by atoms with Gasteiger partial charge in [-0.2, -0.15) is 0 Å². The molecule has 3 nitrogen and oxygen atoms in total. The van der Waals surface area contributed by atoms with Crippen molar-refractivity contribution in [2.45, 2.75) is 71.9 Å². The minimum atomic E-state index is 0.0424. The quantitative estimate of drug-likeness (QED) is 0.792. The SMILES string of the molecule is CC(CCC(C)(C)C)NC(=O)C1CCCCN1. The Morgan fingerprint density at radius 1 is 1.41 bits per heavy atom. The zero-order valence-electron chi connectivity index (χ0n) is 11.8. The number of rotatable bonds is 4. The maximum atomic E-state index is 12.0. The molecule has 1 rings (SSSR count). The molecule has 0 saturated carbocycles. The Morgan fingerprint density at radius 3 is 2.65 bits per heavy atom. The van der Waals surface area contributed by atoms with Crippen LogP contribution in [0.15, 0.2) is 0 Å². The van der Waals surface area contributed by atoms with Crippen molar-refractivity contribution in [1.82, 2.24) is 10.6 Å². The van der Waals surface area contributed by atoms with E-state index in [-0.39, 0.29) is 18.0 Å². The van der Waals surface area contributed by atoms with Gasteiger partial charge < -0.3 is 10.6 Å². The lowest BCUT2D eigenvalue weighted by atomic mass is 9.89. The second kappa shape index (κ2) is 6.39. The molecule has 1 aliphatic heterocycles. The molecule has 100 valence electrons. The molecule has 0 bridgehead atoms. The molecule has 1 fully saturated rings. The predicted octanol–water partition coefficient (Wildman–Crippen LogP) is 2.46. The fourth-order valence-electron chi connectivity index (χ4n) is 2.14. The summed E-state index contributed by atoms with van der Waals surface area (Å²) in [5, 5.41) is 6.41. The first-order valence-corrected chi connectivity index (χ1v) is 6.92. The van der Waals surface area contributed by atoms with Gasteiger partial charge in [-0.3, -0.25) is 4.79 Å². The largest absolute Gasteiger partial charge is 0.352 e. The fourth-order valence-corrected chi connectivity index (χ4v) is 2.14. The minimum Gasteiger partial charge on any atom is -0.352 e. The summed E-state index contributed by atoms with van der Waals surface area (Å²) < 4.78 is 0. The normalized spacial score (nSPS) is 23.2. The summed E-state index contributed by atoms with van der Waals surface area (Å²) >= 11 is 0. The molecule has 1 saturated heterocycles. The molecule has 3 heteroatoms. The van der Waals surface area contributed by atoms with Crippen LogP contribution in [0.2, 0.25) is 0 Å². The first-order valence-electron chi connectivity index (χ1n) is 6.92. The maximum absolute atomic E-state index is 12.0. The highest BCUT2D eigenvalue weighted by molar-refractivity contribution is 5.82. The molecule has 1 heterocycles. The van der Waals surface area contributed by atoms with Crippen molar-refractivity contribution >= 4 is 5.91 Å². The first-order chi connectivity index (χ1) is 7.88. The number of nitrogens with one attached hydrogen (secondary N) is 2. The molecule has 0 aromatic rings. The van der Waals surface area contributed by atoms with Crippen LogP contribution in [-0.2, 0) is 4.79 Å². The highest BCUT2D eigenvalue weighted by Crippen LogP contribution is 2.21. The number of carbonyl (C=O) groups excluding carboxylic acids is 1. The van der Waals surface area contributed by atoms with Crippen molar-refractivity contribution in [3.8, 4) is 0 Å². The van der Waals surface area contributed by atoms with Crippen molar-refractivity contribution in [2.24, 2.45) is 5.41 Å². The van der Waals surface area contributed by atoms with Gasteiger partial charge in [-0.05, 0) is 44.6 Å². The number of piperidine rings is 1. The molecule has 0 spiro atoms. The number of carbonyl (C=O) groups is 1. The third-order valence-electron chi connectivity index (χ3n) is 3.34. The van der Waals surface area contributed by atoms with Crippen molar-refractivity contribution in [1.29, 1.82) is 0 Å². The van der Waals surface area contributed by atoms with E-state index in [1.165, 1.54) is 12.8 Å². The van der Waals surface area contributed by atoms with E-state index in [9.17, 15) is 4.79 Å². The highest BCUT2D eigenvalue weighted by Gasteiger charge is 2.22. The van der Waals surface area contributed by atoms with Crippen molar-refractivity contribution < 1.29 is 4.79 Å². The molecule has 1 aliphatic rings. The van der Waals surface area contributed by atoms with Crippen LogP contribution in [-0.4, -0.2) is 24.5 Å². The second-order valence-electron chi connectivity index (χ2n) is 6.51. The van der Waals surface area contributed by atoms with Crippen LogP contribution in [0.25, 0.3) is 0 Å². The van der Waals surface area contributed by atoms with Crippen LogP contribution in [0.1, 0.15) is 59.8 Å². The summed E-state index contributed by atoms with van der Waals surface area (Å²) in [5.41, 5.74) is 0.349. The molecule has 2 unspecified atom stereocenters. The zero-order chi connectivity index (χ0) is 12.9. The fraction of sp³-hybridized carbons (Fsp3) is 0.929. The topological polar surface area (TPSA) is 41.1 Å². The van der Waals surface area contributed by atoms with Gasteiger partial charge in [0.15, 0.2) is 0 Å². The molecule has 0 aromatic carbocycles. The smallest absolute Gasteiger partial charge is 0.237 e. The van der Waals surface area contributed by atoms with E-state index in [4.69, 9.17) is 0 Å². The average molecular weight is 240 g/mol. The maximum Gasteiger partial charge on any atom is 0.237 e. The van der Waals surface area contributed by atoms with Gasteiger partial charge in [-0.15, -0.1) is 0 Å². The van der Waals surface area contributed by atoms with Gasteiger partial charge in [0.2, 0.25) is 5.91 Å². The van der Waals surface area contributed by atoms with Crippen molar-refractivity contribution in [2.75, 3.05) is 6.54 Å². The molecule has 1 amide bonds. The monoisotopic (exact) mass is 240 g/mol. The Bertz CT molecular complexity index is 239. The van der Waals surface area contributed by atoms with E-state index >= 15 is 0 Å². The third kappa shape index (κ3) is 6.06. The summed E-state index contributed by atoms with van der Waals surface area (Å²) in [6.45, 7) is 9.81. The molecule has 17 heavy (non-hydrogen) atoms. The van der Waals surface area contributed by atoms with Gasteiger partial charge in [0.1, 0.15) is 0 Å². The Labute approximate surface area is 106 Å². The van der Waals surface area contributed by atoms with E-state index in [0.29, 0.717) is 5.41 Å². The summed E-state index contributed by atoms with van der Waals surface area (Å²) in [4.78, 5) is 12.0. The summed E-state index contributed by atoms with van der Waals surface area (Å²) in [7, 11) is 0. The van der Waals surface area contributed by atoms with Crippen molar-refractivity contribution in [3.63, 3.8) is 0 Å². The van der Waals surface area contributed by atoms with Crippen LogP contribution in [0.3, 0.4) is 0 Å². The third-order valence-corrected chi connectivity index (χ3v) is 3.34. The summed E-state index contributed by atoms with van der Waals surface area (Å²) in [6, 6.07) is 0.325. The van der Waals surface area contributed by atoms with Crippen LogP contribution in [0.5, 0.6) is 0 Å². The summed E-state index contributed by atoms with van der Waals surface area (Å²) in [5.74, 6) is 0.186. The number of amides is 1. The Hall–Kier alpha value is -0.570. The van der Waals surface area contributed by atoms with Gasteiger partial charge in [0.05, 0.1) is 6.04 Å². The van der Waals surface area contributed by atoms with E-state index in [0.717, 1.165) is 25.8 Å². The Kier molecular flexibility index (Phi) is 5.44.